The van der Waals surface area contributed by atoms with E-state index in [1.165, 1.54) is 34.3 Å². The van der Waals surface area contributed by atoms with Crippen molar-refractivity contribution in [2.45, 2.75) is 33.1 Å². The van der Waals surface area contributed by atoms with Crippen LogP contribution in [-0.2, 0) is 0 Å². The summed E-state index contributed by atoms with van der Waals surface area (Å²) in [5.74, 6) is 0.298. The molecule has 2 aromatic heterocycles. The summed E-state index contributed by atoms with van der Waals surface area (Å²) in [5, 5.41) is 12.9. The summed E-state index contributed by atoms with van der Waals surface area (Å²) >= 11 is 0. The number of aromatic amines is 1. The van der Waals surface area contributed by atoms with Gasteiger partial charge in [0.05, 0.1) is 5.69 Å². The maximum Gasteiger partial charge on any atom is 0.274 e. The summed E-state index contributed by atoms with van der Waals surface area (Å²) < 4.78 is 15.1. The second-order valence-corrected chi connectivity index (χ2v) is 10.7. The first kappa shape index (κ1) is 24.1. The zero-order chi connectivity index (χ0) is 26.4. The first-order valence-electron chi connectivity index (χ1n) is 13.0. The Morgan fingerprint density at radius 2 is 1.74 bits per heavy atom. The third-order valence-corrected chi connectivity index (χ3v) is 8.05. The smallest absolute Gasteiger partial charge is 0.274 e. The molecule has 192 valence electrons. The van der Waals surface area contributed by atoms with Crippen LogP contribution in [0, 0.1) is 24.1 Å². The highest BCUT2D eigenvalue weighted by molar-refractivity contribution is 5.98. The quantitative estimate of drug-likeness (QED) is 0.267. The Bertz CT molecular complexity index is 1620. The van der Waals surface area contributed by atoms with Gasteiger partial charge < -0.3 is 10.3 Å². The number of amides is 1. The van der Waals surface area contributed by atoms with Crippen LogP contribution in [0.3, 0.4) is 0 Å². The number of benzene rings is 3. The highest BCUT2D eigenvalue weighted by Gasteiger charge is 2.58. The van der Waals surface area contributed by atoms with Gasteiger partial charge in [-0.1, -0.05) is 67.6 Å². The molecule has 0 unspecified atom stereocenters. The fraction of sp³-hybridized carbons (Fsp3) is 0.258. The number of aromatic nitrogens is 4. The lowest BCUT2D eigenvalue weighted by Crippen LogP contribution is -2.26. The highest BCUT2D eigenvalue weighted by atomic mass is 19.1. The number of carbonyl (C=O) groups excluding carboxylic acids is 1. The van der Waals surface area contributed by atoms with E-state index in [-0.39, 0.29) is 22.8 Å². The van der Waals surface area contributed by atoms with Crippen LogP contribution in [0.5, 0.6) is 0 Å². The Kier molecular flexibility index (Phi) is 5.86. The lowest BCUT2D eigenvalue weighted by Gasteiger charge is -2.09. The maximum absolute atomic E-state index is 13.5. The fourth-order valence-corrected chi connectivity index (χ4v) is 6.03. The first-order chi connectivity index (χ1) is 18.4. The van der Waals surface area contributed by atoms with Crippen LogP contribution < -0.4 is 5.32 Å². The number of fused-ring (bicyclic) bond motifs is 1. The number of H-pyrrole nitrogens is 1. The number of hydrogen-bond donors (Lipinski definition) is 2. The molecule has 1 fully saturated rings. The van der Waals surface area contributed by atoms with E-state index in [1.807, 2.05) is 30.3 Å². The van der Waals surface area contributed by atoms with Gasteiger partial charge in [0.2, 0.25) is 0 Å². The average molecular weight is 508 g/mol. The summed E-state index contributed by atoms with van der Waals surface area (Å²) in [6, 6.07) is 24.0. The SMILES string of the molecule is Cc1[nH]c2ccccc2c1[C@@H]1[C@@H](CCNC(=O)c2nnn(-c3ccc(F)cc3)c2-c2ccccc2)C1(C)C. The lowest BCUT2D eigenvalue weighted by molar-refractivity contribution is 0.0947. The van der Waals surface area contributed by atoms with Gasteiger partial charge in [-0.3, -0.25) is 4.79 Å². The molecule has 38 heavy (non-hydrogen) atoms. The Hall–Kier alpha value is -4.26. The molecule has 6 rings (SSSR count). The number of carbonyl (C=O) groups is 1. The standard InChI is InChI=1S/C31H30FN5O/c1-19-26(23-11-7-8-12-25(23)34-19)27-24(31(27,2)3)17-18-33-30(38)28-29(20-9-5-4-6-10-20)37(36-35-28)22-15-13-21(32)14-16-22/h4-16,24,27,34H,17-18H2,1-3H3,(H,33,38)/t24-,27+/m1/s1. The predicted molar refractivity (Wildman–Crippen MR) is 147 cm³/mol. The fourth-order valence-electron chi connectivity index (χ4n) is 6.03. The van der Waals surface area contributed by atoms with Crippen molar-refractivity contribution in [1.82, 2.24) is 25.3 Å². The molecule has 0 spiro atoms. The van der Waals surface area contributed by atoms with Crippen molar-refractivity contribution in [1.29, 1.82) is 0 Å². The number of halogens is 1. The molecule has 1 aliphatic carbocycles. The van der Waals surface area contributed by atoms with Gasteiger partial charge in [-0.15, -0.1) is 5.10 Å². The minimum Gasteiger partial charge on any atom is -0.358 e. The second kappa shape index (κ2) is 9.24. The average Bonchev–Trinajstić information content (AvgIpc) is 3.23. The normalized spacial score (nSPS) is 18.0. The minimum absolute atomic E-state index is 0.154. The van der Waals surface area contributed by atoms with Gasteiger partial charge >= 0.3 is 0 Å². The molecular formula is C31H30FN5O. The Morgan fingerprint density at radius 3 is 2.50 bits per heavy atom. The van der Waals surface area contributed by atoms with E-state index in [9.17, 15) is 9.18 Å². The number of aryl methyl sites for hydroxylation is 1. The molecule has 0 aliphatic heterocycles. The van der Waals surface area contributed by atoms with Gasteiger partial charge in [0, 0.05) is 28.7 Å². The molecule has 0 radical (unpaired) electrons. The predicted octanol–water partition coefficient (Wildman–Crippen LogP) is 6.42. The van der Waals surface area contributed by atoms with Crippen LogP contribution in [0.25, 0.3) is 27.8 Å². The van der Waals surface area contributed by atoms with Crippen molar-refractivity contribution >= 4 is 16.8 Å². The van der Waals surface area contributed by atoms with Gasteiger partial charge in [0.25, 0.3) is 5.91 Å². The van der Waals surface area contributed by atoms with Gasteiger partial charge in [-0.05, 0) is 66.5 Å². The monoisotopic (exact) mass is 507 g/mol. The number of nitrogens with zero attached hydrogens (tertiary/aromatic N) is 3. The van der Waals surface area contributed by atoms with Crippen molar-refractivity contribution in [2.75, 3.05) is 6.54 Å². The van der Waals surface area contributed by atoms with E-state index >= 15 is 0 Å². The molecule has 2 atom stereocenters. The number of nitrogens with one attached hydrogen (secondary N) is 2. The molecule has 2 heterocycles. The third kappa shape index (κ3) is 4.08. The first-order valence-corrected chi connectivity index (χ1v) is 13.0. The molecule has 5 aromatic rings. The van der Waals surface area contributed by atoms with Gasteiger partial charge in [-0.25, -0.2) is 9.07 Å². The summed E-state index contributed by atoms with van der Waals surface area (Å²) in [5.41, 5.74) is 6.22. The number of para-hydroxylation sites is 1. The number of rotatable bonds is 7. The molecule has 1 saturated carbocycles. The van der Waals surface area contributed by atoms with Gasteiger partial charge in [0.1, 0.15) is 11.5 Å². The molecule has 0 bridgehead atoms. The van der Waals surface area contributed by atoms with Crippen molar-refractivity contribution in [3.05, 3.63) is 102 Å². The van der Waals surface area contributed by atoms with E-state index in [0.29, 0.717) is 29.8 Å². The van der Waals surface area contributed by atoms with Crippen LogP contribution in [0.4, 0.5) is 4.39 Å². The lowest BCUT2D eigenvalue weighted by atomic mass is 10.0. The Balaban J connectivity index is 1.21. The minimum atomic E-state index is -0.336. The van der Waals surface area contributed by atoms with Gasteiger partial charge in [-0.2, -0.15) is 0 Å². The maximum atomic E-state index is 13.5. The summed E-state index contributed by atoms with van der Waals surface area (Å²) in [4.78, 5) is 16.9. The topological polar surface area (TPSA) is 75.6 Å². The van der Waals surface area contributed by atoms with E-state index in [4.69, 9.17) is 0 Å². The summed E-state index contributed by atoms with van der Waals surface area (Å²) in [6.45, 7) is 7.32. The molecular weight excluding hydrogens is 477 g/mol. The molecule has 1 amide bonds. The molecule has 7 heteroatoms. The van der Waals surface area contributed by atoms with Crippen LogP contribution in [0.1, 0.15) is 47.9 Å². The molecule has 1 aliphatic rings. The molecule has 2 N–H and O–H groups in total. The van der Waals surface area contributed by atoms with Crippen molar-refractivity contribution in [3.63, 3.8) is 0 Å². The third-order valence-electron chi connectivity index (χ3n) is 8.05. The summed E-state index contributed by atoms with van der Waals surface area (Å²) in [6.07, 6.45) is 0.870. The van der Waals surface area contributed by atoms with E-state index < -0.39 is 0 Å². The van der Waals surface area contributed by atoms with Crippen molar-refractivity contribution in [3.8, 4) is 16.9 Å². The van der Waals surface area contributed by atoms with E-state index in [1.54, 1.807) is 16.8 Å². The van der Waals surface area contributed by atoms with Crippen molar-refractivity contribution < 1.29 is 9.18 Å². The highest BCUT2D eigenvalue weighted by Crippen LogP contribution is 2.67. The summed E-state index contributed by atoms with van der Waals surface area (Å²) in [7, 11) is 0. The molecule has 3 aromatic carbocycles. The van der Waals surface area contributed by atoms with Crippen LogP contribution in [-0.4, -0.2) is 32.4 Å². The largest absolute Gasteiger partial charge is 0.358 e. The number of hydrogen-bond acceptors (Lipinski definition) is 3. The van der Waals surface area contributed by atoms with Gasteiger partial charge in [0.15, 0.2) is 5.69 Å². The van der Waals surface area contributed by atoms with Crippen molar-refractivity contribution in [2.24, 2.45) is 11.3 Å². The van der Waals surface area contributed by atoms with Crippen LogP contribution in [0.15, 0.2) is 78.9 Å². The van der Waals surface area contributed by atoms with Crippen LogP contribution in [0.2, 0.25) is 0 Å². The zero-order valence-electron chi connectivity index (χ0n) is 21.7. The zero-order valence-corrected chi connectivity index (χ0v) is 21.7. The second-order valence-electron chi connectivity index (χ2n) is 10.7. The Labute approximate surface area is 220 Å². The Morgan fingerprint density at radius 1 is 1.03 bits per heavy atom. The van der Waals surface area contributed by atoms with E-state index in [2.05, 4.69) is 65.6 Å². The molecule has 6 nitrogen and oxygen atoms in total. The molecule has 0 saturated heterocycles. The van der Waals surface area contributed by atoms with Crippen LogP contribution >= 0.6 is 0 Å². The van der Waals surface area contributed by atoms with E-state index in [0.717, 1.165) is 12.0 Å².